The van der Waals surface area contributed by atoms with Crippen LogP contribution >= 0.6 is 11.3 Å². The Kier molecular flexibility index (Phi) is 3.85. The van der Waals surface area contributed by atoms with Gasteiger partial charge in [0.25, 0.3) is 10.0 Å². The van der Waals surface area contributed by atoms with Gasteiger partial charge in [0.15, 0.2) is 0 Å². The zero-order chi connectivity index (χ0) is 13.2. The smallest absolute Gasteiger partial charge is 0.206 e. The minimum atomic E-state index is -3.36. The van der Waals surface area contributed by atoms with Gasteiger partial charge in [0.05, 0.1) is 0 Å². The van der Waals surface area contributed by atoms with E-state index in [1.807, 2.05) is 31.2 Å². The molecule has 0 aliphatic heterocycles. The van der Waals surface area contributed by atoms with Crippen molar-refractivity contribution in [3.8, 4) is 0 Å². The average molecular weight is 281 g/mol. The Labute approximate surface area is 112 Å². The highest BCUT2D eigenvalue weighted by atomic mass is 32.2. The third-order valence-electron chi connectivity index (χ3n) is 2.81. The lowest BCUT2D eigenvalue weighted by Crippen LogP contribution is -2.26. The summed E-state index contributed by atoms with van der Waals surface area (Å²) in [6, 6.07) is 11.2. The Morgan fingerprint density at radius 3 is 2.50 bits per heavy atom. The number of hydrogen-bond acceptors (Lipinski definition) is 3. The van der Waals surface area contributed by atoms with E-state index in [0.717, 1.165) is 11.1 Å². The van der Waals surface area contributed by atoms with Gasteiger partial charge in [-0.3, -0.25) is 0 Å². The van der Waals surface area contributed by atoms with Crippen molar-refractivity contribution < 1.29 is 8.42 Å². The van der Waals surface area contributed by atoms with Gasteiger partial charge in [-0.05, 0) is 29.5 Å². The molecule has 0 radical (unpaired) electrons. The molecule has 2 rings (SSSR count). The second kappa shape index (κ2) is 5.22. The summed E-state index contributed by atoms with van der Waals surface area (Å²) in [5.74, 6) is 0. The Morgan fingerprint density at radius 1 is 1.17 bits per heavy atom. The molecule has 0 N–H and O–H groups in total. The molecular weight excluding hydrogens is 266 g/mol. The van der Waals surface area contributed by atoms with E-state index in [-0.39, 0.29) is 0 Å². The van der Waals surface area contributed by atoms with Crippen LogP contribution in [-0.2, 0) is 16.6 Å². The average Bonchev–Trinajstić information content (AvgIpc) is 2.86. The molecule has 0 spiro atoms. The normalized spacial score (nSPS) is 11.9. The molecule has 1 aromatic carbocycles. The second-order valence-corrected chi connectivity index (χ2v) is 7.34. The maximum atomic E-state index is 12.2. The van der Waals surface area contributed by atoms with Crippen molar-refractivity contribution in [1.29, 1.82) is 0 Å². The van der Waals surface area contributed by atoms with Gasteiger partial charge in [-0.25, -0.2) is 8.42 Å². The fourth-order valence-corrected chi connectivity index (χ4v) is 4.03. The molecule has 96 valence electrons. The van der Waals surface area contributed by atoms with Crippen LogP contribution in [0.25, 0.3) is 0 Å². The standard InChI is InChI=1S/C13H15NO2S2/c1-11-6-3-4-7-12(11)10-14(2)18(15,16)13-8-5-9-17-13/h3-9H,10H2,1-2H3. The lowest BCUT2D eigenvalue weighted by atomic mass is 10.1. The highest BCUT2D eigenvalue weighted by Crippen LogP contribution is 2.21. The number of benzene rings is 1. The molecule has 0 atom stereocenters. The summed E-state index contributed by atoms with van der Waals surface area (Å²) in [6.07, 6.45) is 0. The first-order valence-corrected chi connectivity index (χ1v) is 7.88. The maximum Gasteiger partial charge on any atom is 0.252 e. The van der Waals surface area contributed by atoms with Gasteiger partial charge in [0, 0.05) is 13.6 Å². The quantitative estimate of drug-likeness (QED) is 0.864. The van der Waals surface area contributed by atoms with Crippen LogP contribution in [0.1, 0.15) is 11.1 Å². The summed E-state index contributed by atoms with van der Waals surface area (Å²) in [5, 5.41) is 1.77. The van der Waals surface area contributed by atoms with Crippen molar-refractivity contribution in [3.05, 3.63) is 52.9 Å². The van der Waals surface area contributed by atoms with Crippen LogP contribution in [0, 0.1) is 6.92 Å². The van der Waals surface area contributed by atoms with E-state index in [1.165, 1.54) is 15.6 Å². The SMILES string of the molecule is Cc1ccccc1CN(C)S(=O)(=O)c1cccs1. The van der Waals surface area contributed by atoms with Crippen LogP contribution < -0.4 is 0 Å². The molecule has 0 saturated carbocycles. The van der Waals surface area contributed by atoms with Crippen molar-refractivity contribution >= 4 is 21.4 Å². The Bertz CT molecular complexity index is 618. The molecule has 5 heteroatoms. The van der Waals surface area contributed by atoms with Crippen LogP contribution in [0.4, 0.5) is 0 Å². The van der Waals surface area contributed by atoms with Gasteiger partial charge in [0.1, 0.15) is 4.21 Å². The predicted molar refractivity (Wildman–Crippen MR) is 74.2 cm³/mol. The van der Waals surface area contributed by atoms with Crippen LogP contribution in [0.15, 0.2) is 46.0 Å². The Hall–Kier alpha value is -1.17. The minimum Gasteiger partial charge on any atom is -0.206 e. The Morgan fingerprint density at radius 2 is 1.89 bits per heavy atom. The second-order valence-electron chi connectivity index (χ2n) is 4.12. The molecule has 0 aliphatic rings. The molecule has 0 fully saturated rings. The van der Waals surface area contributed by atoms with E-state index in [9.17, 15) is 8.42 Å². The number of rotatable bonds is 4. The predicted octanol–water partition coefficient (Wildman–Crippen LogP) is 2.88. The van der Waals surface area contributed by atoms with Crippen LogP contribution in [0.2, 0.25) is 0 Å². The molecule has 0 aliphatic carbocycles. The number of sulfonamides is 1. The molecular formula is C13H15NO2S2. The number of hydrogen-bond donors (Lipinski definition) is 0. The van der Waals surface area contributed by atoms with E-state index in [2.05, 4.69) is 0 Å². The topological polar surface area (TPSA) is 37.4 Å². The molecule has 1 aromatic heterocycles. The van der Waals surface area contributed by atoms with Gasteiger partial charge in [-0.1, -0.05) is 30.3 Å². The fourth-order valence-electron chi connectivity index (χ4n) is 1.68. The number of nitrogens with zero attached hydrogens (tertiary/aromatic N) is 1. The van der Waals surface area contributed by atoms with Gasteiger partial charge >= 0.3 is 0 Å². The molecule has 2 aromatic rings. The summed E-state index contributed by atoms with van der Waals surface area (Å²) in [4.78, 5) is 0. The van der Waals surface area contributed by atoms with Crippen molar-refractivity contribution in [2.45, 2.75) is 17.7 Å². The molecule has 3 nitrogen and oxygen atoms in total. The van der Waals surface area contributed by atoms with Crippen LogP contribution in [-0.4, -0.2) is 19.8 Å². The number of aryl methyl sites for hydroxylation is 1. The third-order valence-corrected chi connectivity index (χ3v) is 5.99. The lowest BCUT2D eigenvalue weighted by Gasteiger charge is -2.17. The molecule has 1 heterocycles. The first-order valence-electron chi connectivity index (χ1n) is 5.56. The van der Waals surface area contributed by atoms with Gasteiger partial charge in [-0.15, -0.1) is 11.3 Å². The van der Waals surface area contributed by atoms with Gasteiger partial charge < -0.3 is 0 Å². The summed E-state index contributed by atoms with van der Waals surface area (Å²) < 4.78 is 26.3. The van der Waals surface area contributed by atoms with Gasteiger partial charge in [0.2, 0.25) is 0 Å². The first-order chi connectivity index (χ1) is 8.51. The van der Waals surface area contributed by atoms with Crippen molar-refractivity contribution in [2.75, 3.05) is 7.05 Å². The fraction of sp³-hybridized carbons (Fsp3) is 0.231. The molecule has 0 saturated heterocycles. The number of thiophene rings is 1. The van der Waals surface area contributed by atoms with E-state index < -0.39 is 10.0 Å². The third kappa shape index (κ3) is 2.63. The zero-order valence-corrected chi connectivity index (χ0v) is 12.0. The molecule has 0 unspecified atom stereocenters. The summed E-state index contributed by atoms with van der Waals surface area (Å²) >= 11 is 1.24. The maximum absolute atomic E-state index is 12.2. The first kappa shape index (κ1) is 13.3. The van der Waals surface area contributed by atoms with E-state index in [4.69, 9.17) is 0 Å². The van der Waals surface area contributed by atoms with Crippen molar-refractivity contribution in [3.63, 3.8) is 0 Å². The minimum absolute atomic E-state index is 0.388. The highest BCUT2D eigenvalue weighted by Gasteiger charge is 2.21. The summed E-state index contributed by atoms with van der Waals surface area (Å²) in [7, 11) is -1.75. The van der Waals surface area contributed by atoms with Crippen molar-refractivity contribution in [1.82, 2.24) is 4.31 Å². The molecule has 0 bridgehead atoms. The lowest BCUT2D eigenvalue weighted by molar-refractivity contribution is 0.467. The molecule has 0 amide bonds. The monoisotopic (exact) mass is 281 g/mol. The van der Waals surface area contributed by atoms with E-state index >= 15 is 0 Å². The van der Waals surface area contributed by atoms with Crippen molar-refractivity contribution in [2.24, 2.45) is 0 Å². The largest absolute Gasteiger partial charge is 0.252 e. The van der Waals surface area contributed by atoms with Crippen LogP contribution in [0.3, 0.4) is 0 Å². The zero-order valence-electron chi connectivity index (χ0n) is 10.3. The summed E-state index contributed by atoms with van der Waals surface area (Å²) in [5.41, 5.74) is 2.13. The summed E-state index contributed by atoms with van der Waals surface area (Å²) in [6.45, 7) is 2.38. The van der Waals surface area contributed by atoms with Gasteiger partial charge in [-0.2, -0.15) is 4.31 Å². The Balaban J connectivity index is 2.24. The van der Waals surface area contributed by atoms with Crippen LogP contribution in [0.5, 0.6) is 0 Å². The highest BCUT2D eigenvalue weighted by molar-refractivity contribution is 7.91. The molecule has 18 heavy (non-hydrogen) atoms. The van der Waals surface area contributed by atoms with E-state index in [1.54, 1.807) is 24.6 Å². The van der Waals surface area contributed by atoms with E-state index in [0.29, 0.717) is 10.8 Å².